The van der Waals surface area contributed by atoms with Gasteiger partial charge in [0.05, 0.1) is 29.4 Å². The third-order valence-corrected chi connectivity index (χ3v) is 3.26. The van der Waals surface area contributed by atoms with Crippen molar-refractivity contribution in [2.45, 2.75) is 13.3 Å². The first kappa shape index (κ1) is 13.6. The van der Waals surface area contributed by atoms with Crippen LogP contribution in [0.1, 0.15) is 12.5 Å². The van der Waals surface area contributed by atoms with E-state index in [2.05, 4.69) is 5.48 Å². The average molecular weight is 267 g/mol. The van der Waals surface area contributed by atoms with Gasteiger partial charge in [0.25, 0.3) is 5.69 Å². The molecule has 7 nitrogen and oxygen atoms in total. The van der Waals surface area contributed by atoms with E-state index in [1.165, 1.54) is 0 Å². The molecule has 1 saturated heterocycles. The van der Waals surface area contributed by atoms with Crippen molar-refractivity contribution in [3.8, 4) is 0 Å². The van der Waals surface area contributed by atoms with E-state index >= 15 is 0 Å². The Labute approximate surface area is 110 Å². The lowest BCUT2D eigenvalue weighted by molar-refractivity contribution is -0.385. The minimum absolute atomic E-state index is 0.0306. The van der Waals surface area contributed by atoms with Gasteiger partial charge in [0.15, 0.2) is 0 Å². The second kappa shape index (κ2) is 5.85. The summed E-state index contributed by atoms with van der Waals surface area (Å²) >= 11 is 0. The summed E-state index contributed by atoms with van der Waals surface area (Å²) in [5, 5.41) is 20.3. The van der Waals surface area contributed by atoms with Gasteiger partial charge in [0.1, 0.15) is 0 Å². The molecule has 1 fully saturated rings. The first-order valence-corrected chi connectivity index (χ1v) is 6.21. The number of nitro benzene ring substituents is 1. The monoisotopic (exact) mass is 267 g/mol. The molecule has 0 aliphatic carbocycles. The Hall–Kier alpha value is -1.86. The molecule has 2 N–H and O–H groups in total. The molecule has 0 unspecified atom stereocenters. The molecule has 0 atom stereocenters. The number of hydrogen-bond acceptors (Lipinski definition) is 6. The Bertz CT molecular complexity index is 472. The molecule has 0 saturated carbocycles. The van der Waals surface area contributed by atoms with Crippen LogP contribution in [-0.2, 0) is 11.2 Å². The number of nitro groups is 1. The minimum Gasteiger partial charge on any atom is -0.378 e. The molecule has 1 heterocycles. The standard InChI is InChI=1S/C12H17N3O4/c1-2-10-11(13-16)7-9(8-12(10)15(17)18)14-3-5-19-6-4-14/h7-8,13,16H,2-6H2,1H3. The van der Waals surface area contributed by atoms with Crippen LogP contribution in [0.2, 0.25) is 0 Å². The highest BCUT2D eigenvalue weighted by Crippen LogP contribution is 2.33. The molecule has 1 aromatic carbocycles. The van der Waals surface area contributed by atoms with Gasteiger partial charge in [-0.2, -0.15) is 0 Å². The van der Waals surface area contributed by atoms with Crippen LogP contribution in [0.5, 0.6) is 0 Å². The van der Waals surface area contributed by atoms with E-state index in [4.69, 9.17) is 9.94 Å². The summed E-state index contributed by atoms with van der Waals surface area (Å²) in [6.07, 6.45) is 0.475. The summed E-state index contributed by atoms with van der Waals surface area (Å²) in [5.74, 6) is 0. The smallest absolute Gasteiger partial charge is 0.276 e. The topological polar surface area (TPSA) is 87.9 Å². The predicted octanol–water partition coefficient (Wildman–Crippen LogP) is 1.79. The number of rotatable bonds is 4. The summed E-state index contributed by atoms with van der Waals surface area (Å²) in [7, 11) is 0. The van der Waals surface area contributed by atoms with Gasteiger partial charge in [-0.1, -0.05) is 6.92 Å². The van der Waals surface area contributed by atoms with Crippen molar-refractivity contribution in [2.24, 2.45) is 0 Å². The van der Waals surface area contributed by atoms with Crippen LogP contribution in [0.25, 0.3) is 0 Å². The molecule has 1 aliphatic heterocycles. The second-order valence-corrected chi connectivity index (χ2v) is 4.31. The second-order valence-electron chi connectivity index (χ2n) is 4.31. The van der Waals surface area contributed by atoms with E-state index in [0.29, 0.717) is 44.0 Å². The number of hydrogen-bond donors (Lipinski definition) is 2. The zero-order chi connectivity index (χ0) is 13.8. The minimum atomic E-state index is -0.413. The van der Waals surface area contributed by atoms with Crippen molar-refractivity contribution < 1.29 is 14.9 Å². The third-order valence-electron chi connectivity index (χ3n) is 3.26. The molecule has 1 aliphatic rings. The number of nitrogens with zero attached hydrogens (tertiary/aromatic N) is 2. The molecular weight excluding hydrogens is 250 g/mol. The van der Waals surface area contributed by atoms with Crippen LogP contribution in [0.15, 0.2) is 12.1 Å². The van der Waals surface area contributed by atoms with Crippen LogP contribution < -0.4 is 10.4 Å². The Morgan fingerprint density at radius 2 is 2.16 bits per heavy atom. The normalized spacial score (nSPS) is 15.4. The molecule has 2 rings (SSSR count). The molecule has 1 aromatic rings. The van der Waals surface area contributed by atoms with Crippen molar-refractivity contribution in [2.75, 3.05) is 36.7 Å². The lowest BCUT2D eigenvalue weighted by atomic mass is 10.1. The molecule has 0 aromatic heterocycles. The first-order chi connectivity index (χ1) is 9.17. The SMILES string of the molecule is CCc1c(NO)cc(N2CCOCC2)cc1[N+](=O)[O-]. The third kappa shape index (κ3) is 2.77. The largest absolute Gasteiger partial charge is 0.378 e. The highest BCUT2D eigenvalue weighted by molar-refractivity contribution is 5.69. The van der Waals surface area contributed by atoms with E-state index in [9.17, 15) is 10.1 Å². The van der Waals surface area contributed by atoms with E-state index < -0.39 is 4.92 Å². The summed E-state index contributed by atoms with van der Waals surface area (Å²) in [4.78, 5) is 12.7. The zero-order valence-electron chi connectivity index (χ0n) is 10.8. The highest BCUT2D eigenvalue weighted by atomic mass is 16.6. The zero-order valence-corrected chi connectivity index (χ0v) is 10.8. The Kier molecular flexibility index (Phi) is 4.18. The van der Waals surface area contributed by atoms with Gasteiger partial charge in [0, 0.05) is 24.8 Å². The first-order valence-electron chi connectivity index (χ1n) is 6.21. The Morgan fingerprint density at radius 1 is 1.47 bits per heavy atom. The van der Waals surface area contributed by atoms with Gasteiger partial charge in [0.2, 0.25) is 0 Å². The molecule has 19 heavy (non-hydrogen) atoms. The van der Waals surface area contributed by atoms with Crippen molar-refractivity contribution >= 4 is 17.1 Å². The molecular formula is C12H17N3O4. The number of morpholine rings is 1. The van der Waals surface area contributed by atoms with Gasteiger partial charge < -0.3 is 9.64 Å². The molecule has 0 spiro atoms. The summed E-state index contributed by atoms with van der Waals surface area (Å²) in [5.41, 5.74) is 3.71. The maximum Gasteiger partial charge on any atom is 0.276 e. The number of nitrogens with one attached hydrogen (secondary N) is 1. The van der Waals surface area contributed by atoms with Gasteiger partial charge in [-0.3, -0.25) is 20.8 Å². The molecule has 104 valence electrons. The molecule has 7 heteroatoms. The van der Waals surface area contributed by atoms with Gasteiger partial charge >= 0.3 is 0 Å². The number of benzene rings is 1. The van der Waals surface area contributed by atoms with Crippen LogP contribution in [0, 0.1) is 10.1 Å². The average Bonchev–Trinajstić information content (AvgIpc) is 2.46. The van der Waals surface area contributed by atoms with Crippen molar-refractivity contribution in [1.82, 2.24) is 0 Å². The maximum absolute atomic E-state index is 11.1. The van der Waals surface area contributed by atoms with E-state index in [-0.39, 0.29) is 5.69 Å². The lowest BCUT2D eigenvalue weighted by Gasteiger charge is -2.29. The molecule has 0 bridgehead atoms. The fourth-order valence-electron chi connectivity index (χ4n) is 2.28. The van der Waals surface area contributed by atoms with E-state index in [1.807, 2.05) is 11.8 Å². The van der Waals surface area contributed by atoms with Crippen LogP contribution >= 0.6 is 0 Å². The van der Waals surface area contributed by atoms with E-state index in [1.54, 1.807) is 12.1 Å². The Balaban J connectivity index is 2.44. The predicted molar refractivity (Wildman–Crippen MR) is 70.9 cm³/mol. The fourth-order valence-corrected chi connectivity index (χ4v) is 2.28. The van der Waals surface area contributed by atoms with Crippen LogP contribution in [0.3, 0.4) is 0 Å². The van der Waals surface area contributed by atoms with Crippen LogP contribution in [0.4, 0.5) is 17.1 Å². The van der Waals surface area contributed by atoms with Crippen molar-refractivity contribution in [3.05, 3.63) is 27.8 Å². The summed E-state index contributed by atoms with van der Waals surface area (Å²) in [6.45, 7) is 4.40. The van der Waals surface area contributed by atoms with E-state index in [0.717, 1.165) is 5.69 Å². The molecule has 0 radical (unpaired) electrons. The maximum atomic E-state index is 11.1. The highest BCUT2D eigenvalue weighted by Gasteiger charge is 2.21. The van der Waals surface area contributed by atoms with Crippen LogP contribution in [-0.4, -0.2) is 36.4 Å². The fraction of sp³-hybridized carbons (Fsp3) is 0.500. The summed E-state index contributed by atoms with van der Waals surface area (Å²) < 4.78 is 5.26. The van der Waals surface area contributed by atoms with Gasteiger partial charge in [-0.25, -0.2) is 0 Å². The Morgan fingerprint density at radius 3 is 2.68 bits per heavy atom. The quantitative estimate of drug-likeness (QED) is 0.638. The lowest BCUT2D eigenvalue weighted by Crippen LogP contribution is -2.36. The van der Waals surface area contributed by atoms with Gasteiger partial charge in [-0.15, -0.1) is 0 Å². The van der Waals surface area contributed by atoms with Crippen molar-refractivity contribution in [1.29, 1.82) is 0 Å². The summed E-state index contributed by atoms with van der Waals surface area (Å²) in [6, 6.07) is 3.29. The van der Waals surface area contributed by atoms with Crippen molar-refractivity contribution in [3.63, 3.8) is 0 Å². The van der Waals surface area contributed by atoms with Gasteiger partial charge in [-0.05, 0) is 12.5 Å². The molecule has 0 amide bonds. The number of ether oxygens (including phenoxy) is 1. The number of anilines is 2.